The molecule has 2 aromatic carbocycles. The number of halogens is 3. The average molecular weight is 666 g/mol. The maximum atomic E-state index is 13.4. The highest BCUT2D eigenvalue weighted by Gasteiger charge is 2.44. The van der Waals surface area contributed by atoms with Crippen molar-refractivity contribution in [2.75, 3.05) is 0 Å². The predicted molar refractivity (Wildman–Crippen MR) is 165 cm³/mol. The van der Waals surface area contributed by atoms with E-state index in [1.165, 1.54) is 19.1 Å². The van der Waals surface area contributed by atoms with Crippen molar-refractivity contribution in [3.05, 3.63) is 71.3 Å². The second-order valence-corrected chi connectivity index (χ2v) is 11.5. The van der Waals surface area contributed by atoms with Crippen LogP contribution in [0.4, 0.5) is 13.2 Å². The summed E-state index contributed by atoms with van der Waals surface area (Å²) in [6.45, 7) is 4.37. The highest BCUT2D eigenvalue weighted by molar-refractivity contribution is 5.99. The molecule has 0 aliphatic rings. The van der Waals surface area contributed by atoms with Crippen LogP contribution < -0.4 is 27.0 Å². The molecule has 47 heavy (non-hydrogen) atoms. The minimum absolute atomic E-state index is 0.0608. The second kappa shape index (κ2) is 18.0. The van der Waals surface area contributed by atoms with Gasteiger partial charge in [0, 0.05) is 12.0 Å². The number of alkyl halides is 3. The van der Waals surface area contributed by atoms with Crippen LogP contribution in [0.1, 0.15) is 61.5 Å². The van der Waals surface area contributed by atoms with Gasteiger partial charge < -0.3 is 37.2 Å². The number of hydrogen-bond donors (Lipinski definition) is 7. The van der Waals surface area contributed by atoms with Crippen LogP contribution in [0.3, 0.4) is 0 Å². The molecule has 0 bridgehead atoms. The molecule has 0 saturated carbocycles. The number of carbonyl (C=O) groups excluding carboxylic acids is 5. The zero-order valence-electron chi connectivity index (χ0n) is 26.3. The van der Waals surface area contributed by atoms with Gasteiger partial charge in [0.25, 0.3) is 5.91 Å². The minimum atomic E-state index is -5.11. The molecule has 12 nitrogen and oxygen atoms in total. The number of carbonyl (C=O) groups is 5. The van der Waals surface area contributed by atoms with E-state index in [1.807, 2.05) is 17.4 Å². The lowest BCUT2D eigenvalue weighted by Crippen LogP contribution is -2.58. The lowest BCUT2D eigenvalue weighted by molar-refractivity contribution is -0.212. The zero-order valence-corrected chi connectivity index (χ0v) is 26.3. The Morgan fingerprint density at radius 2 is 1.40 bits per heavy atom. The molecule has 0 aromatic heterocycles. The molecule has 0 aliphatic heterocycles. The van der Waals surface area contributed by atoms with Crippen molar-refractivity contribution in [3.8, 4) is 0 Å². The number of aliphatic hydroxyl groups excluding tert-OH is 2. The Bertz CT molecular complexity index is 1360. The standard InChI is InChI=1S/C32H42F3N5O7/c1-18(2)26(40-29(45)22-12-9-21(17-41)10-13-22)31(47)39-24(14-11-20-7-5-4-6-8-20)30(46)37-19(3)28(44)38-23(15-16-25(36)42)27(43)32(33,34)35/h4-10,12-13,18-19,23-24,26-27,41,43H,11,14-17H2,1-3H3,(H2,36,42)(H,37,46)(H,38,44)(H,39,47)(H,40,45). The Kier molecular flexibility index (Phi) is 14.8. The number of hydrogen-bond acceptors (Lipinski definition) is 7. The normalized spacial score (nSPS) is 14.7. The van der Waals surface area contributed by atoms with E-state index >= 15 is 0 Å². The van der Waals surface area contributed by atoms with Crippen LogP contribution in [0.2, 0.25) is 0 Å². The molecule has 0 spiro atoms. The first-order valence-corrected chi connectivity index (χ1v) is 15.0. The monoisotopic (exact) mass is 665 g/mol. The van der Waals surface area contributed by atoms with E-state index < -0.39 is 84.7 Å². The van der Waals surface area contributed by atoms with E-state index in [9.17, 15) is 47.4 Å². The fraction of sp³-hybridized carbons (Fsp3) is 0.469. The van der Waals surface area contributed by atoms with Gasteiger partial charge in [0.15, 0.2) is 6.10 Å². The highest BCUT2D eigenvalue weighted by atomic mass is 19.4. The van der Waals surface area contributed by atoms with Gasteiger partial charge in [0.05, 0.1) is 12.6 Å². The van der Waals surface area contributed by atoms with Gasteiger partial charge in [-0.15, -0.1) is 0 Å². The van der Waals surface area contributed by atoms with Gasteiger partial charge in [-0.25, -0.2) is 0 Å². The third-order valence-electron chi connectivity index (χ3n) is 7.33. The molecule has 5 amide bonds. The zero-order chi connectivity index (χ0) is 35.3. The lowest BCUT2D eigenvalue weighted by Gasteiger charge is -2.28. The fourth-order valence-electron chi connectivity index (χ4n) is 4.53. The molecule has 8 N–H and O–H groups in total. The summed E-state index contributed by atoms with van der Waals surface area (Å²) in [5.41, 5.74) is 6.69. The number of amides is 5. The molecule has 0 aliphatic carbocycles. The molecule has 5 unspecified atom stereocenters. The van der Waals surface area contributed by atoms with E-state index in [4.69, 9.17) is 5.73 Å². The average Bonchev–Trinajstić information content (AvgIpc) is 3.02. The minimum Gasteiger partial charge on any atom is -0.392 e. The van der Waals surface area contributed by atoms with Gasteiger partial charge in [-0.05, 0) is 55.4 Å². The van der Waals surface area contributed by atoms with Crippen LogP contribution in [0.15, 0.2) is 54.6 Å². The van der Waals surface area contributed by atoms with Crippen molar-refractivity contribution in [1.82, 2.24) is 21.3 Å². The van der Waals surface area contributed by atoms with Gasteiger partial charge in [-0.3, -0.25) is 24.0 Å². The largest absolute Gasteiger partial charge is 0.416 e. The van der Waals surface area contributed by atoms with Gasteiger partial charge >= 0.3 is 6.18 Å². The topological polar surface area (TPSA) is 200 Å². The first kappa shape index (κ1) is 38.7. The van der Waals surface area contributed by atoms with Crippen molar-refractivity contribution in [2.45, 2.75) is 89.5 Å². The van der Waals surface area contributed by atoms with E-state index in [0.717, 1.165) is 5.56 Å². The third kappa shape index (κ3) is 12.7. The van der Waals surface area contributed by atoms with Crippen LogP contribution in [0.5, 0.6) is 0 Å². The summed E-state index contributed by atoms with van der Waals surface area (Å²) in [4.78, 5) is 63.7. The maximum absolute atomic E-state index is 13.4. The van der Waals surface area contributed by atoms with Crippen LogP contribution in [-0.4, -0.2) is 76.2 Å². The van der Waals surface area contributed by atoms with E-state index in [2.05, 4.69) is 16.0 Å². The molecular formula is C32H42F3N5O7. The number of nitrogens with one attached hydrogen (secondary N) is 4. The summed E-state index contributed by atoms with van der Waals surface area (Å²) in [5, 5.41) is 28.7. The second-order valence-electron chi connectivity index (χ2n) is 11.5. The van der Waals surface area contributed by atoms with E-state index in [0.29, 0.717) is 12.0 Å². The smallest absolute Gasteiger partial charge is 0.392 e. The summed E-state index contributed by atoms with van der Waals surface area (Å²) < 4.78 is 39.6. The maximum Gasteiger partial charge on any atom is 0.416 e. The van der Waals surface area contributed by atoms with Gasteiger partial charge in [-0.2, -0.15) is 13.2 Å². The Balaban J connectivity index is 2.21. The summed E-state index contributed by atoms with van der Waals surface area (Å²) in [6.07, 6.45) is -8.88. The molecule has 5 atom stereocenters. The van der Waals surface area contributed by atoms with Crippen LogP contribution in [0, 0.1) is 5.92 Å². The first-order valence-electron chi connectivity index (χ1n) is 15.0. The Morgan fingerprint density at radius 3 is 1.94 bits per heavy atom. The SMILES string of the molecule is CC(NC(=O)C(CCc1ccccc1)NC(=O)C(NC(=O)c1ccc(CO)cc1)C(C)C)C(=O)NC(CCC(N)=O)C(O)C(F)(F)F. The summed E-state index contributed by atoms with van der Waals surface area (Å²) in [7, 11) is 0. The highest BCUT2D eigenvalue weighted by Crippen LogP contribution is 2.24. The third-order valence-corrected chi connectivity index (χ3v) is 7.33. The quantitative estimate of drug-likeness (QED) is 0.132. The van der Waals surface area contributed by atoms with Crippen molar-refractivity contribution in [1.29, 1.82) is 0 Å². The fourth-order valence-corrected chi connectivity index (χ4v) is 4.53. The van der Waals surface area contributed by atoms with Crippen molar-refractivity contribution in [2.24, 2.45) is 11.7 Å². The van der Waals surface area contributed by atoms with E-state index in [-0.39, 0.29) is 18.6 Å². The van der Waals surface area contributed by atoms with E-state index in [1.54, 1.807) is 44.2 Å². The number of primary amides is 1. The Morgan fingerprint density at radius 1 is 0.787 bits per heavy atom. The molecule has 2 rings (SSSR count). The van der Waals surface area contributed by atoms with Crippen LogP contribution in [0.25, 0.3) is 0 Å². The Labute approximate surface area is 270 Å². The predicted octanol–water partition coefficient (Wildman–Crippen LogP) is 1.23. The molecular weight excluding hydrogens is 623 g/mol. The summed E-state index contributed by atoms with van der Waals surface area (Å²) >= 11 is 0. The molecule has 258 valence electrons. The van der Waals surface area contributed by atoms with Gasteiger partial charge in [-0.1, -0.05) is 56.3 Å². The molecule has 2 aromatic rings. The number of aryl methyl sites for hydroxylation is 1. The number of aliphatic hydroxyl groups is 2. The van der Waals surface area contributed by atoms with Gasteiger partial charge in [0.1, 0.15) is 18.1 Å². The Hall–Kier alpha value is -4.50. The first-order chi connectivity index (χ1) is 22.0. The van der Waals surface area contributed by atoms with Crippen LogP contribution >= 0.6 is 0 Å². The number of benzene rings is 2. The summed E-state index contributed by atoms with van der Waals surface area (Å²) in [5.74, 6) is -4.52. The summed E-state index contributed by atoms with van der Waals surface area (Å²) in [6, 6.07) is 9.45. The number of rotatable bonds is 17. The molecule has 0 saturated heterocycles. The molecule has 15 heteroatoms. The lowest BCUT2D eigenvalue weighted by atomic mass is 10.00. The van der Waals surface area contributed by atoms with Crippen molar-refractivity contribution in [3.63, 3.8) is 0 Å². The van der Waals surface area contributed by atoms with Gasteiger partial charge in [0.2, 0.25) is 23.6 Å². The molecule has 0 radical (unpaired) electrons. The van der Waals surface area contributed by atoms with Crippen LogP contribution in [-0.2, 0) is 32.2 Å². The number of nitrogens with two attached hydrogens (primary N) is 1. The van der Waals surface area contributed by atoms with Crippen molar-refractivity contribution < 1.29 is 47.4 Å². The van der Waals surface area contributed by atoms with Crippen molar-refractivity contribution >= 4 is 29.5 Å². The molecule has 0 heterocycles. The molecule has 0 fully saturated rings.